The lowest BCUT2D eigenvalue weighted by Gasteiger charge is -2.36. The van der Waals surface area contributed by atoms with Crippen molar-refractivity contribution in [2.45, 2.75) is 6.42 Å². The largest absolute Gasteiger partial charge is 0.493 e. The van der Waals surface area contributed by atoms with Crippen LogP contribution in [0, 0.1) is 0 Å². The van der Waals surface area contributed by atoms with E-state index in [4.69, 9.17) is 9.47 Å². The number of hydrogen-bond acceptors (Lipinski definition) is 5. The Bertz CT molecular complexity index is 698. The summed E-state index contributed by atoms with van der Waals surface area (Å²) in [7, 11) is 1.59. The number of carbonyl (C=O) groups is 1. The van der Waals surface area contributed by atoms with Gasteiger partial charge in [-0.1, -0.05) is 18.2 Å². The van der Waals surface area contributed by atoms with Crippen LogP contribution in [-0.2, 0) is 0 Å². The van der Waals surface area contributed by atoms with Crippen molar-refractivity contribution in [1.82, 2.24) is 4.90 Å². The second-order valence-electron chi connectivity index (χ2n) is 6.39. The molecule has 0 radical (unpaired) electrons. The van der Waals surface area contributed by atoms with Crippen LogP contribution >= 0.6 is 0 Å². The Balaban J connectivity index is 1.39. The van der Waals surface area contributed by atoms with Gasteiger partial charge in [0.2, 0.25) is 0 Å². The summed E-state index contributed by atoms with van der Waals surface area (Å²) in [5.74, 6) is 1.29. The van der Waals surface area contributed by atoms with Crippen molar-refractivity contribution in [1.29, 1.82) is 0 Å². The highest BCUT2D eigenvalue weighted by Gasteiger charge is 2.16. The number of rotatable bonds is 8. The number of nitrogens with zero attached hydrogens (tertiary/aromatic N) is 2. The molecular weight excluding hydrogens is 328 g/mol. The molecule has 0 saturated carbocycles. The highest BCUT2D eigenvalue weighted by molar-refractivity contribution is 5.76. The molecule has 138 valence electrons. The second-order valence-corrected chi connectivity index (χ2v) is 6.39. The molecule has 1 aliphatic heterocycles. The minimum absolute atomic E-state index is 0.588. The fourth-order valence-electron chi connectivity index (χ4n) is 3.22. The summed E-state index contributed by atoms with van der Waals surface area (Å²) in [5.41, 5.74) is 1.90. The molecule has 0 aromatic heterocycles. The maximum absolute atomic E-state index is 10.8. The molecule has 0 N–H and O–H groups in total. The van der Waals surface area contributed by atoms with Crippen molar-refractivity contribution < 1.29 is 14.3 Å². The molecule has 3 rings (SSSR count). The highest BCUT2D eigenvalue weighted by Crippen LogP contribution is 2.27. The Morgan fingerprint density at radius 2 is 1.77 bits per heavy atom. The maximum atomic E-state index is 10.8. The predicted molar refractivity (Wildman–Crippen MR) is 104 cm³/mol. The van der Waals surface area contributed by atoms with Crippen LogP contribution in [0.4, 0.5) is 5.69 Å². The van der Waals surface area contributed by atoms with Gasteiger partial charge in [0.15, 0.2) is 11.5 Å². The Morgan fingerprint density at radius 3 is 2.46 bits per heavy atom. The normalized spacial score (nSPS) is 14.9. The van der Waals surface area contributed by atoms with Crippen molar-refractivity contribution in [3.63, 3.8) is 0 Å². The molecule has 0 unspecified atom stereocenters. The molecule has 0 aliphatic carbocycles. The van der Waals surface area contributed by atoms with Crippen molar-refractivity contribution >= 4 is 12.0 Å². The van der Waals surface area contributed by atoms with Crippen molar-refractivity contribution in [2.24, 2.45) is 0 Å². The third-order valence-corrected chi connectivity index (χ3v) is 4.69. The van der Waals surface area contributed by atoms with Crippen LogP contribution in [0.2, 0.25) is 0 Å². The third-order valence-electron chi connectivity index (χ3n) is 4.69. The van der Waals surface area contributed by atoms with Gasteiger partial charge in [0.05, 0.1) is 13.7 Å². The van der Waals surface area contributed by atoms with Gasteiger partial charge in [0, 0.05) is 44.0 Å². The Kier molecular flexibility index (Phi) is 6.50. The lowest BCUT2D eigenvalue weighted by molar-refractivity contribution is 0.112. The number of para-hydroxylation sites is 1. The summed E-state index contributed by atoms with van der Waals surface area (Å²) >= 11 is 0. The average molecular weight is 354 g/mol. The standard InChI is InChI=1S/C21H26N2O3/c1-25-21-16-18(17-24)8-9-20(21)26-15-5-10-22-11-13-23(14-12-22)19-6-3-2-4-7-19/h2-4,6-9,16-17H,5,10-15H2,1H3. The number of carbonyl (C=O) groups excluding carboxylic acids is 1. The number of anilines is 1. The summed E-state index contributed by atoms with van der Waals surface area (Å²) in [5, 5.41) is 0. The van der Waals surface area contributed by atoms with E-state index < -0.39 is 0 Å². The molecule has 0 spiro atoms. The molecule has 5 nitrogen and oxygen atoms in total. The smallest absolute Gasteiger partial charge is 0.161 e. The number of ether oxygens (including phenoxy) is 2. The van der Waals surface area contributed by atoms with E-state index in [9.17, 15) is 4.79 Å². The summed E-state index contributed by atoms with van der Waals surface area (Å²) in [6.07, 6.45) is 1.77. The van der Waals surface area contributed by atoms with Gasteiger partial charge in [-0.05, 0) is 36.8 Å². The van der Waals surface area contributed by atoms with E-state index in [1.807, 2.05) is 0 Å². The summed E-state index contributed by atoms with van der Waals surface area (Å²) in [4.78, 5) is 15.7. The average Bonchev–Trinajstić information content (AvgIpc) is 2.72. The molecule has 2 aromatic carbocycles. The minimum atomic E-state index is 0.588. The van der Waals surface area contributed by atoms with Crippen molar-refractivity contribution in [3.8, 4) is 11.5 Å². The van der Waals surface area contributed by atoms with Gasteiger partial charge >= 0.3 is 0 Å². The van der Waals surface area contributed by atoms with Crippen LogP contribution in [0.25, 0.3) is 0 Å². The fourth-order valence-corrected chi connectivity index (χ4v) is 3.22. The van der Waals surface area contributed by atoms with Gasteiger partial charge in [-0.3, -0.25) is 9.69 Å². The molecule has 26 heavy (non-hydrogen) atoms. The van der Waals surface area contributed by atoms with Crippen LogP contribution in [0.15, 0.2) is 48.5 Å². The first-order chi connectivity index (χ1) is 12.8. The molecule has 0 bridgehead atoms. The quantitative estimate of drug-likeness (QED) is 0.538. The molecule has 1 heterocycles. The van der Waals surface area contributed by atoms with Crippen LogP contribution in [0.3, 0.4) is 0 Å². The lowest BCUT2D eigenvalue weighted by Crippen LogP contribution is -2.46. The number of aldehydes is 1. The maximum Gasteiger partial charge on any atom is 0.161 e. The Morgan fingerprint density at radius 1 is 1.00 bits per heavy atom. The lowest BCUT2D eigenvalue weighted by atomic mass is 10.2. The first kappa shape index (κ1) is 18.3. The summed E-state index contributed by atoms with van der Waals surface area (Å²) in [6.45, 7) is 5.93. The molecular formula is C21H26N2O3. The zero-order valence-corrected chi connectivity index (χ0v) is 15.3. The monoisotopic (exact) mass is 354 g/mol. The van der Waals surface area contributed by atoms with Crippen LogP contribution < -0.4 is 14.4 Å². The second kappa shape index (κ2) is 9.25. The zero-order chi connectivity index (χ0) is 18.2. The molecule has 0 amide bonds. The molecule has 1 saturated heterocycles. The number of hydrogen-bond donors (Lipinski definition) is 0. The van der Waals surface area contributed by atoms with Gasteiger partial charge in [0.1, 0.15) is 6.29 Å². The fraction of sp³-hybridized carbons (Fsp3) is 0.381. The van der Waals surface area contributed by atoms with Gasteiger partial charge in [-0.15, -0.1) is 0 Å². The first-order valence-corrected chi connectivity index (χ1v) is 9.08. The van der Waals surface area contributed by atoms with Crippen LogP contribution in [-0.4, -0.2) is 57.6 Å². The van der Waals surface area contributed by atoms with E-state index in [1.165, 1.54) is 5.69 Å². The highest BCUT2D eigenvalue weighted by atomic mass is 16.5. The first-order valence-electron chi connectivity index (χ1n) is 9.08. The SMILES string of the molecule is COc1cc(C=O)ccc1OCCCN1CCN(c2ccccc2)CC1. The van der Waals surface area contributed by atoms with Crippen molar-refractivity contribution in [2.75, 3.05) is 51.3 Å². The third kappa shape index (κ3) is 4.76. The molecule has 0 atom stereocenters. The Labute approximate surface area is 155 Å². The van der Waals surface area contributed by atoms with Crippen LogP contribution in [0.5, 0.6) is 11.5 Å². The number of benzene rings is 2. The van der Waals surface area contributed by atoms with E-state index in [1.54, 1.807) is 25.3 Å². The Hall–Kier alpha value is -2.53. The van der Waals surface area contributed by atoms with Crippen molar-refractivity contribution in [3.05, 3.63) is 54.1 Å². The van der Waals surface area contributed by atoms with E-state index >= 15 is 0 Å². The summed E-state index contributed by atoms with van der Waals surface area (Å²) < 4.78 is 11.1. The van der Waals surface area contributed by atoms with Gasteiger partial charge < -0.3 is 14.4 Å². The molecule has 5 heteroatoms. The minimum Gasteiger partial charge on any atom is -0.493 e. The van der Waals surface area contributed by atoms with Gasteiger partial charge in [0.25, 0.3) is 0 Å². The van der Waals surface area contributed by atoms with Gasteiger partial charge in [-0.2, -0.15) is 0 Å². The van der Waals surface area contributed by atoms with E-state index in [0.717, 1.165) is 45.4 Å². The molecule has 1 aliphatic rings. The predicted octanol–water partition coefficient (Wildman–Crippen LogP) is 3.10. The van der Waals surface area contributed by atoms with Crippen LogP contribution in [0.1, 0.15) is 16.8 Å². The molecule has 1 fully saturated rings. The summed E-state index contributed by atoms with van der Waals surface area (Å²) in [6, 6.07) is 15.8. The zero-order valence-electron chi connectivity index (χ0n) is 15.3. The topological polar surface area (TPSA) is 42.0 Å². The van der Waals surface area contributed by atoms with E-state index in [-0.39, 0.29) is 0 Å². The van der Waals surface area contributed by atoms with E-state index in [0.29, 0.717) is 23.7 Å². The molecule has 2 aromatic rings. The van der Waals surface area contributed by atoms with E-state index in [2.05, 4.69) is 40.1 Å². The van der Waals surface area contributed by atoms with Gasteiger partial charge in [-0.25, -0.2) is 0 Å². The number of piperazine rings is 1. The number of methoxy groups -OCH3 is 1.